The molecule has 0 amide bonds. The van der Waals surface area contributed by atoms with Crippen molar-refractivity contribution in [1.29, 1.82) is 0 Å². The van der Waals surface area contributed by atoms with Crippen molar-refractivity contribution >= 4 is 27.1 Å². The highest BCUT2D eigenvalue weighted by Crippen LogP contribution is 2.77. The molecule has 1 atom stereocenters. The lowest BCUT2D eigenvalue weighted by Crippen LogP contribution is -2.16. The van der Waals surface area contributed by atoms with Crippen molar-refractivity contribution in [1.82, 2.24) is 0 Å². The Morgan fingerprint density at radius 2 is 1.71 bits per heavy atom. The van der Waals surface area contributed by atoms with Crippen molar-refractivity contribution in [2.75, 3.05) is 17.3 Å². The molecule has 0 aliphatic rings. The molecule has 106 valence electrons. The van der Waals surface area contributed by atoms with E-state index in [1.54, 1.807) is 0 Å². The SMILES string of the molecule is CCCCCCS(CC)(CC(C)C)P(O)(O)=S. The first-order valence-electron chi connectivity index (χ1n) is 6.61. The third kappa shape index (κ3) is 6.07. The van der Waals surface area contributed by atoms with Crippen LogP contribution >= 0.6 is 15.3 Å². The van der Waals surface area contributed by atoms with Gasteiger partial charge in [-0.3, -0.25) is 0 Å². The Labute approximate surface area is 113 Å². The molecular formula is C12H29O2PS2. The van der Waals surface area contributed by atoms with E-state index in [4.69, 9.17) is 11.8 Å². The summed E-state index contributed by atoms with van der Waals surface area (Å²) in [6.45, 7) is 8.56. The van der Waals surface area contributed by atoms with E-state index < -0.39 is 15.3 Å². The lowest BCUT2D eigenvalue weighted by atomic mass is 10.2. The number of hydrogen-bond donors (Lipinski definition) is 2. The van der Waals surface area contributed by atoms with Crippen molar-refractivity contribution in [3.05, 3.63) is 0 Å². The fraction of sp³-hybridized carbons (Fsp3) is 1.00. The minimum atomic E-state index is -3.09. The van der Waals surface area contributed by atoms with Crippen LogP contribution in [-0.4, -0.2) is 27.0 Å². The Kier molecular flexibility index (Phi) is 8.60. The molecular weight excluding hydrogens is 271 g/mol. The van der Waals surface area contributed by atoms with E-state index in [0.29, 0.717) is 5.92 Å². The summed E-state index contributed by atoms with van der Waals surface area (Å²) in [4.78, 5) is 20.1. The van der Waals surface area contributed by atoms with Crippen molar-refractivity contribution in [3.63, 3.8) is 0 Å². The summed E-state index contributed by atoms with van der Waals surface area (Å²) >= 11 is 5.07. The zero-order valence-corrected chi connectivity index (χ0v) is 14.2. The van der Waals surface area contributed by atoms with Gasteiger partial charge < -0.3 is 9.79 Å². The van der Waals surface area contributed by atoms with Crippen molar-refractivity contribution in [3.8, 4) is 0 Å². The molecule has 0 spiro atoms. The maximum Gasteiger partial charge on any atom is 0.224 e. The molecule has 0 aromatic carbocycles. The average molecular weight is 300 g/mol. The van der Waals surface area contributed by atoms with E-state index in [1.807, 2.05) is 0 Å². The third-order valence-electron chi connectivity index (χ3n) is 3.06. The minimum Gasteiger partial charge on any atom is -0.339 e. The molecule has 2 N–H and O–H groups in total. The second-order valence-electron chi connectivity index (χ2n) is 5.10. The molecule has 0 aliphatic heterocycles. The van der Waals surface area contributed by atoms with Gasteiger partial charge in [-0.05, 0) is 41.4 Å². The lowest BCUT2D eigenvalue weighted by Gasteiger charge is -2.43. The minimum absolute atomic E-state index is 0.498. The highest BCUT2D eigenvalue weighted by molar-refractivity contribution is 8.85. The summed E-state index contributed by atoms with van der Waals surface area (Å²) in [5.74, 6) is 3.23. The average Bonchev–Trinajstić information content (AvgIpc) is 2.20. The van der Waals surface area contributed by atoms with Gasteiger partial charge in [-0.15, -0.1) is 0 Å². The maximum atomic E-state index is 10.1. The second-order valence-corrected chi connectivity index (χ2v) is 15.5. The first-order valence-corrected chi connectivity index (χ1v) is 12.1. The summed E-state index contributed by atoms with van der Waals surface area (Å²) in [5, 5.41) is 0. The van der Waals surface area contributed by atoms with Gasteiger partial charge in [0, 0.05) is 0 Å². The first kappa shape index (κ1) is 17.9. The molecule has 5 heteroatoms. The topological polar surface area (TPSA) is 40.5 Å². The Morgan fingerprint density at radius 3 is 2.06 bits per heavy atom. The predicted octanol–water partition coefficient (Wildman–Crippen LogP) is 4.26. The van der Waals surface area contributed by atoms with Gasteiger partial charge in [0.15, 0.2) is 0 Å². The third-order valence-corrected chi connectivity index (χ3v) is 15.1. The summed E-state index contributed by atoms with van der Waals surface area (Å²) in [6.07, 6.45) is 4.74. The fourth-order valence-electron chi connectivity index (χ4n) is 2.15. The van der Waals surface area contributed by atoms with Crippen molar-refractivity contribution < 1.29 is 9.79 Å². The standard InChI is InChI=1S/C12H29O2PS2/c1-5-7-8-9-10-17(6-2,11-12(3)4)15(13,14)16/h12H,5-11H2,1-4H3,(H2,13,14,16). The zero-order chi connectivity index (χ0) is 13.5. The van der Waals surface area contributed by atoms with Gasteiger partial charge in [0.25, 0.3) is 0 Å². The highest BCUT2D eigenvalue weighted by Gasteiger charge is 2.35. The van der Waals surface area contributed by atoms with E-state index in [1.165, 1.54) is 19.3 Å². The van der Waals surface area contributed by atoms with E-state index in [9.17, 15) is 9.79 Å². The van der Waals surface area contributed by atoms with Crippen LogP contribution in [0.15, 0.2) is 0 Å². The van der Waals surface area contributed by atoms with Crippen LogP contribution in [0.3, 0.4) is 0 Å². The Hall–Kier alpha value is 0.920. The van der Waals surface area contributed by atoms with E-state index >= 15 is 0 Å². The van der Waals surface area contributed by atoms with Crippen LogP contribution in [0.2, 0.25) is 0 Å². The second kappa shape index (κ2) is 8.16. The van der Waals surface area contributed by atoms with Crippen LogP contribution in [0.1, 0.15) is 53.4 Å². The molecule has 1 unspecified atom stereocenters. The van der Waals surface area contributed by atoms with Gasteiger partial charge in [-0.25, -0.2) is 0 Å². The van der Waals surface area contributed by atoms with Crippen LogP contribution in [0, 0.1) is 5.92 Å². The van der Waals surface area contributed by atoms with Gasteiger partial charge in [-0.2, -0.15) is 9.65 Å². The monoisotopic (exact) mass is 300 g/mol. The number of hydrogen-bond acceptors (Lipinski definition) is 1. The lowest BCUT2D eigenvalue weighted by molar-refractivity contribution is 0.499. The van der Waals surface area contributed by atoms with Gasteiger partial charge >= 0.3 is 0 Å². The molecule has 2 nitrogen and oxygen atoms in total. The summed E-state index contributed by atoms with van der Waals surface area (Å²) in [7, 11) is -1.39. The normalized spacial score (nSPS) is 18.1. The summed E-state index contributed by atoms with van der Waals surface area (Å²) in [6, 6.07) is 0. The largest absolute Gasteiger partial charge is 0.339 e. The summed E-state index contributed by atoms with van der Waals surface area (Å²) in [5.41, 5.74) is -3.09. The van der Waals surface area contributed by atoms with Crippen molar-refractivity contribution in [2.24, 2.45) is 5.92 Å². The molecule has 0 aromatic heterocycles. The first-order chi connectivity index (χ1) is 7.79. The van der Waals surface area contributed by atoms with Crippen molar-refractivity contribution in [2.45, 2.75) is 53.4 Å². The maximum absolute atomic E-state index is 10.1. The predicted molar refractivity (Wildman–Crippen MR) is 85.6 cm³/mol. The molecule has 0 saturated heterocycles. The van der Waals surface area contributed by atoms with E-state index in [2.05, 4.69) is 27.7 Å². The molecule has 0 saturated carbocycles. The van der Waals surface area contributed by atoms with Gasteiger partial charge in [0.1, 0.15) is 0 Å². The zero-order valence-electron chi connectivity index (χ0n) is 11.7. The smallest absolute Gasteiger partial charge is 0.224 e. The van der Waals surface area contributed by atoms with E-state index in [0.717, 1.165) is 23.7 Å². The van der Waals surface area contributed by atoms with Gasteiger partial charge in [-0.1, -0.05) is 47.0 Å². The van der Waals surface area contributed by atoms with Crippen LogP contribution in [-0.2, 0) is 11.8 Å². The molecule has 0 radical (unpaired) electrons. The molecule has 17 heavy (non-hydrogen) atoms. The number of unbranched alkanes of at least 4 members (excludes halogenated alkanes) is 3. The molecule has 0 heterocycles. The van der Waals surface area contributed by atoms with Gasteiger partial charge in [0.2, 0.25) is 5.69 Å². The molecule has 0 aliphatic carbocycles. The Bertz CT molecular complexity index is 253. The van der Waals surface area contributed by atoms with E-state index in [-0.39, 0.29) is 0 Å². The van der Waals surface area contributed by atoms with Gasteiger partial charge in [0.05, 0.1) is 0 Å². The molecule has 0 fully saturated rings. The van der Waals surface area contributed by atoms with Crippen LogP contribution < -0.4 is 0 Å². The van der Waals surface area contributed by atoms with Crippen LogP contribution in [0.4, 0.5) is 0 Å². The molecule has 0 bridgehead atoms. The van der Waals surface area contributed by atoms with Crippen LogP contribution in [0.5, 0.6) is 0 Å². The Morgan fingerprint density at radius 1 is 1.12 bits per heavy atom. The quantitative estimate of drug-likeness (QED) is 0.494. The molecule has 0 rings (SSSR count). The fourth-order valence-corrected chi connectivity index (χ4v) is 11.3. The Balaban J connectivity index is 4.64. The van der Waals surface area contributed by atoms with Crippen LogP contribution in [0.25, 0.3) is 0 Å². The summed E-state index contributed by atoms with van der Waals surface area (Å²) < 4.78 is 0. The number of rotatable bonds is 9. The molecule has 0 aromatic rings. The highest BCUT2D eigenvalue weighted by atomic mass is 33.0.